The summed E-state index contributed by atoms with van der Waals surface area (Å²) < 4.78 is 5.18. The van der Waals surface area contributed by atoms with Gasteiger partial charge in [0.25, 0.3) is 0 Å². The average Bonchev–Trinajstić information content (AvgIpc) is 2.86. The van der Waals surface area contributed by atoms with E-state index in [4.69, 9.17) is 9.52 Å². The van der Waals surface area contributed by atoms with Gasteiger partial charge in [0.15, 0.2) is 0 Å². The molecule has 82 valence electrons. The molecule has 15 heavy (non-hydrogen) atoms. The first kappa shape index (κ1) is 10.6. The highest BCUT2D eigenvalue weighted by atomic mass is 32.2. The molecule has 0 bridgehead atoms. The Morgan fingerprint density at radius 3 is 2.80 bits per heavy atom. The molecule has 3 nitrogen and oxygen atoms in total. The van der Waals surface area contributed by atoms with Crippen molar-refractivity contribution in [3.8, 4) is 0 Å². The van der Waals surface area contributed by atoms with Crippen molar-refractivity contribution >= 4 is 17.7 Å². The smallest absolute Gasteiger partial charge is 0.371 e. The first-order valence-corrected chi connectivity index (χ1v) is 6.24. The summed E-state index contributed by atoms with van der Waals surface area (Å²) in [4.78, 5) is 10.6. The molecule has 1 fully saturated rings. The molecule has 4 heteroatoms. The van der Waals surface area contributed by atoms with Crippen LogP contribution >= 0.6 is 11.8 Å². The number of hydrogen-bond acceptors (Lipinski definition) is 3. The fraction of sp³-hybridized carbons (Fsp3) is 0.545. The lowest BCUT2D eigenvalue weighted by Gasteiger charge is -2.05. The Morgan fingerprint density at radius 2 is 2.20 bits per heavy atom. The highest BCUT2D eigenvalue weighted by molar-refractivity contribution is 7.99. The lowest BCUT2D eigenvalue weighted by Crippen LogP contribution is -1.94. The molecule has 1 aromatic heterocycles. The summed E-state index contributed by atoms with van der Waals surface area (Å²) in [5.41, 5.74) is 0. The third-order valence-corrected chi connectivity index (χ3v) is 4.03. The maximum Gasteiger partial charge on any atom is 0.371 e. The van der Waals surface area contributed by atoms with Crippen LogP contribution in [0.15, 0.2) is 16.5 Å². The van der Waals surface area contributed by atoms with E-state index in [9.17, 15) is 4.79 Å². The molecule has 2 rings (SSSR count). The molecule has 0 saturated heterocycles. The van der Waals surface area contributed by atoms with Crippen LogP contribution in [0, 0.1) is 0 Å². The van der Waals surface area contributed by atoms with Crippen molar-refractivity contribution in [2.24, 2.45) is 0 Å². The van der Waals surface area contributed by atoms with Gasteiger partial charge in [-0.2, -0.15) is 11.8 Å². The maximum absolute atomic E-state index is 10.6. The number of thioether (sulfide) groups is 1. The van der Waals surface area contributed by atoms with Crippen LogP contribution in [-0.2, 0) is 5.75 Å². The third kappa shape index (κ3) is 2.78. The highest BCUT2D eigenvalue weighted by Crippen LogP contribution is 2.31. The maximum atomic E-state index is 10.6. The number of hydrogen-bond donors (Lipinski definition) is 1. The Kier molecular flexibility index (Phi) is 3.36. The minimum absolute atomic E-state index is 0.0389. The summed E-state index contributed by atoms with van der Waals surface area (Å²) in [5, 5.41) is 9.42. The van der Waals surface area contributed by atoms with E-state index in [2.05, 4.69) is 0 Å². The van der Waals surface area contributed by atoms with E-state index < -0.39 is 5.97 Å². The van der Waals surface area contributed by atoms with E-state index in [1.807, 2.05) is 11.8 Å². The lowest BCUT2D eigenvalue weighted by molar-refractivity contribution is 0.0661. The van der Waals surface area contributed by atoms with Crippen LogP contribution in [0.2, 0.25) is 0 Å². The lowest BCUT2D eigenvalue weighted by atomic mass is 10.4. The van der Waals surface area contributed by atoms with Gasteiger partial charge in [0, 0.05) is 5.25 Å². The quantitative estimate of drug-likeness (QED) is 0.856. The molecule has 1 aliphatic rings. The zero-order valence-corrected chi connectivity index (χ0v) is 9.26. The fourth-order valence-electron chi connectivity index (χ4n) is 1.83. The number of carboxylic acid groups (broad SMARTS) is 1. The van der Waals surface area contributed by atoms with Crippen LogP contribution in [0.5, 0.6) is 0 Å². The molecule has 1 aromatic rings. The monoisotopic (exact) mass is 226 g/mol. The van der Waals surface area contributed by atoms with Gasteiger partial charge >= 0.3 is 5.97 Å². The molecule has 1 aliphatic carbocycles. The predicted octanol–water partition coefficient (Wildman–Crippen LogP) is 3.15. The second-order valence-corrected chi connectivity index (χ2v) is 5.08. The van der Waals surface area contributed by atoms with E-state index in [1.54, 1.807) is 6.07 Å². The van der Waals surface area contributed by atoms with E-state index in [0.29, 0.717) is 0 Å². The molecule has 1 N–H and O–H groups in total. The van der Waals surface area contributed by atoms with Crippen molar-refractivity contribution in [3.05, 3.63) is 23.7 Å². The molecule has 1 heterocycles. The van der Waals surface area contributed by atoms with E-state index in [-0.39, 0.29) is 5.76 Å². The van der Waals surface area contributed by atoms with Crippen LogP contribution in [0.3, 0.4) is 0 Å². The van der Waals surface area contributed by atoms with Crippen LogP contribution < -0.4 is 0 Å². The Morgan fingerprint density at radius 1 is 1.47 bits per heavy atom. The Bertz CT molecular complexity index is 339. The van der Waals surface area contributed by atoms with Crippen molar-refractivity contribution in [1.29, 1.82) is 0 Å². The molecule has 1 saturated carbocycles. The van der Waals surface area contributed by atoms with E-state index in [1.165, 1.54) is 31.7 Å². The molecule has 0 aliphatic heterocycles. The SMILES string of the molecule is O=C(O)c1ccc(CSC2CCCC2)o1. The molecule has 0 atom stereocenters. The number of carboxylic acids is 1. The standard InChI is InChI=1S/C11H14O3S/c12-11(13)10-6-5-8(14-10)7-15-9-3-1-2-4-9/h5-6,9H,1-4,7H2,(H,12,13). The van der Waals surface area contributed by atoms with Crippen LogP contribution in [0.1, 0.15) is 42.0 Å². The molecular weight excluding hydrogens is 212 g/mol. The summed E-state index contributed by atoms with van der Waals surface area (Å²) in [5.74, 6) is 0.603. The van der Waals surface area contributed by atoms with Crippen molar-refractivity contribution in [3.63, 3.8) is 0 Å². The first-order valence-electron chi connectivity index (χ1n) is 5.19. The second-order valence-electron chi connectivity index (χ2n) is 3.79. The van der Waals surface area contributed by atoms with Gasteiger partial charge in [-0.3, -0.25) is 0 Å². The largest absolute Gasteiger partial charge is 0.475 e. The van der Waals surface area contributed by atoms with Gasteiger partial charge in [-0.05, 0) is 25.0 Å². The number of carbonyl (C=O) groups is 1. The van der Waals surface area contributed by atoms with Crippen molar-refractivity contribution in [1.82, 2.24) is 0 Å². The minimum Gasteiger partial charge on any atom is -0.475 e. The molecule has 0 spiro atoms. The summed E-state index contributed by atoms with van der Waals surface area (Å²) in [6.45, 7) is 0. The van der Waals surface area contributed by atoms with Crippen molar-refractivity contribution < 1.29 is 14.3 Å². The van der Waals surface area contributed by atoms with E-state index in [0.717, 1.165) is 16.8 Å². The van der Waals surface area contributed by atoms with Gasteiger partial charge in [-0.1, -0.05) is 12.8 Å². The highest BCUT2D eigenvalue weighted by Gasteiger charge is 2.16. The normalized spacial score (nSPS) is 17.1. The number of rotatable bonds is 4. The second kappa shape index (κ2) is 4.75. The molecule has 0 unspecified atom stereocenters. The molecule has 0 radical (unpaired) electrons. The van der Waals surface area contributed by atoms with Gasteiger partial charge < -0.3 is 9.52 Å². The topological polar surface area (TPSA) is 50.4 Å². The summed E-state index contributed by atoms with van der Waals surface area (Å²) >= 11 is 1.88. The predicted molar refractivity (Wildman–Crippen MR) is 59.2 cm³/mol. The average molecular weight is 226 g/mol. The molecular formula is C11H14O3S. The van der Waals surface area contributed by atoms with Crippen molar-refractivity contribution in [2.75, 3.05) is 0 Å². The van der Waals surface area contributed by atoms with Gasteiger partial charge in [0.1, 0.15) is 5.76 Å². The third-order valence-electron chi connectivity index (χ3n) is 2.64. The van der Waals surface area contributed by atoms with Crippen LogP contribution in [0.4, 0.5) is 0 Å². The Labute approximate surface area is 92.9 Å². The van der Waals surface area contributed by atoms with Crippen molar-refractivity contribution in [2.45, 2.75) is 36.7 Å². The van der Waals surface area contributed by atoms with Gasteiger partial charge in [0.05, 0.1) is 5.75 Å². The zero-order chi connectivity index (χ0) is 10.7. The Hall–Kier alpha value is -0.900. The first-order chi connectivity index (χ1) is 7.25. The van der Waals surface area contributed by atoms with Gasteiger partial charge in [-0.25, -0.2) is 4.79 Å². The zero-order valence-electron chi connectivity index (χ0n) is 8.44. The minimum atomic E-state index is -0.993. The fourth-order valence-corrected chi connectivity index (χ4v) is 3.05. The van der Waals surface area contributed by atoms with E-state index >= 15 is 0 Å². The molecule has 0 aromatic carbocycles. The van der Waals surface area contributed by atoms with Crippen LogP contribution in [0.25, 0.3) is 0 Å². The summed E-state index contributed by atoms with van der Waals surface area (Å²) in [6, 6.07) is 3.28. The summed E-state index contributed by atoms with van der Waals surface area (Å²) in [6.07, 6.45) is 5.24. The van der Waals surface area contributed by atoms with Gasteiger partial charge in [0.2, 0.25) is 5.76 Å². The van der Waals surface area contributed by atoms with Crippen LogP contribution in [-0.4, -0.2) is 16.3 Å². The number of furan rings is 1. The summed E-state index contributed by atoms with van der Waals surface area (Å²) in [7, 11) is 0. The Balaban J connectivity index is 1.84. The van der Waals surface area contributed by atoms with Gasteiger partial charge in [-0.15, -0.1) is 0 Å². The molecule has 0 amide bonds. The number of aromatic carboxylic acids is 1.